The fraction of sp³-hybridized carbons (Fsp3) is 0.182. The Bertz CT molecular complexity index is 1290. The number of nitrogens with zero attached hydrogens (tertiary/aromatic N) is 4. The van der Waals surface area contributed by atoms with Gasteiger partial charge in [0.05, 0.1) is 36.0 Å². The number of primary amides is 1. The first-order chi connectivity index (χ1) is 16.1. The second-order valence-electron chi connectivity index (χ2n) is 7.37. The number of halogens is 3. The van der Waals surface area contributed by atoms with Crippen molar-refractivity contribution in [1.82, 2.24) is 14.7 Å². The molecule has 0 radical (unpaired) electrons. The van der Waals surface area contributed by atoms with Gasteiger partial charge in [-0.2, -0.15) is 10.4 Å². The van der Waals surface area contributed by atoms with Crippen LogP contribution in [0.2, 0.25) is 0 Å². The summed E-state index contributed by atoms with van der Waals surface area (Å²) < 4.78 is 43.3. The number of benzene rings is 2. The standard InChI is InChI=1S/C22H17F3N6O3/c23-22(24,25)34-16-3-1-2-14(10-16)19-18(20(27)32)17-12-30(8-9-31(17)29-19)21(33)28-15-6-4-13(11-26)5-7-15/h1-7,10H,8-9,12H2,(H2,27,32)(H,28,33). The Balaban J connectivity index is 1.60. The van der Waals surface area contributed by atoms with Crippen molar-refractivity contribution in [3.8, 4) is 23.1 Å². The van der Waals surface area contributed by atoms with Gasteiger partial charge in [-0.05, 0) is 36.4 Å². The molecule has 1 aliphatic rings. The van der Waals surface area contributed by atoms with E-state index in [1.807, 2.05) is 6.07 Å². The number of anilines is 1. The Kier molecular flexibility index (Phi) is 5.85. The molecule has 9 nitrogen and oxygen atoms in total. The number of rotatable bonds is 4. The van der Waals surface area contributed by atoms with Crippen LogP contribution in [0.4, 0.5) is 23.7 Å². The molecule has 1 aromatic heterocycles. The number of ether oxygens (including phenoxy) is 1. The van der Waals surface area contributed by atoms with Gasteiger partial charge in [-0.3, -0.25) is 9.48 Å². The molecule has 0 saturated heterocycles. The SMILES string of the molecule is N#Cc1ccc(NC(=O)N2CCn3nc(-c4cccc(OC(F)(F)F)c4)c(C(N)=O)c3C2)cc1. The van der Waals surface area contributed by atoms with Crippen molar-refractivity contribution in [2.45, 2.75) is 19.5 Å². The van der Waals surface area contributed by atoms with Gasteiger partial charge in [-0.25, -0.2) is 4.79 Å². The van der Waals surface area contributed by atoms with E-state index in [2.05, 4.69) is 15.2 Å². The summed E-state index contributed by atoms with van der Waals surface area (Å²) in [4.78, 5) is 26.5. The number of nitrogens with two attached hydrogens (primary N) is 1. The Labute approximate surface area is 191 Å². The monoisotopic (exact) mass is 470 g/mol. The van der Waals surface area contributed by atoms with Crippen LogP contribution in [0, 0.1) is 11.3 Å². The van der Waals surface area contributed by atoms with Crippen LogP contribution in [0.25, 0.3) is 11.3 Å². The highest BCUT2D eigenvalue weighted by atomic mass is 19.4. The molecule has 34 heavy (non-hydrogen) atoms. The van der Waals surface area contributed by atoms with Crippen molar-refractivity contribution in [2.75, 3.05) is 11.9 Å². The third kappa shape index (κ3) is 4.78. The zero-order valence-corrected chi connectivity index (χ0v) is 17.5. The molecule has 0 aliphatic carbocycles. The Morgan fingerprint density at radius 1 is 1.15 bits per heavy atom. The van der Waals surface area contributed by atoms with E-state index in [1.165, 1.54) is 21.7 Å². The maximum absolute atomic E-state index is 12.7. The first-order valence-electron chi connectivity index (χ1n) is 9.96. The molecule has 0 atom stereocenters. The minimum Gasteiger partial charge on any atom is -0.406 e. The van der Waals surface area contributed by atoms with E-state index in [4.69, 9.17) is 11.0 Å². The smallest absolute Gasteiger partial charge is 0.406 e. The molecule has 0 unspecified atom stereocenters. The van der Waals surface area contributed by atoms with E-state index in [0.29, 0.717) is 16.9 Å². The van der Waals surface area contributed by atoms with E-state index >= 15 is 0 Å². The highest BCUT2D eigenvalue weighted by Gasteiger charge is 2.32. The predicted octanol–water partition coefficient (Wildman–Crippen LogP) is 3.47. The summed E-state index contributed by atoms with van der Waals surface area (Å²) >= 11 is 0. The molecule has 0 saturated carbocycles. The Hall–Kier alpha value is -4.53. The normalized spacial score (nSPS) is 13.1. The number of hydrogen-bond acceptors (Lipinski definition) is 5. The first-order valence-corrected chi connectivity index (χ1v) is 9.96. The van der Waals surface area contributed by atoms with E-state index in [-0.39, 0.29) is 36.5 Å². The largest absolute Gasteiger partial charge is 0.573 e. The van der Waals surface area contributed by atoms with E-state index in [0.717, 1.165) is 12.1 Å². The molecule has 0 spiro atoms. The van der Waals surface area contributed by atoms with Gasteiger partial charge in [-0.1, -0.05) is 12.1 Å². The molecule has 2 heterocycles. The third-order valence-corrected chi connectivity index (χ3v) is 5.12. The van der Waals surface area contributed by atoms with E-state index in [1.54, 1.807) is 24.3 Å². The minimum absolute atomic E-state index is 0.00608. The number of urea groups is 1. The van der Waals surface area contributed by atoms with Crippen LogP contribution in [-0.4, -0.2) is 39.5 Å². The summed E-state index contributed by atoms with van der Waals surface area (Å²) in [6.45, 7) is 0.521. The van der Waals surface area contributed by atoms with Gasteiger partial charge in [0.1, 0.15) is 11.4 Å². The van der Waals surface area contributed by atoms with Gasteiger partial charge in [0, 0.05) is 17.8 Å². The van der Waals surface area contributed by atoms with Crippen molar-refractivity contribution < 1.29 is 27.5 Å². The zero-order valence-electron chi connectivity index (χ0n) is 17.5. The lowest BCUT2D eigenvalue weighted by Crippen LogP contribution is -2.41. The molecule has 0 fully saturated rings. The molecule has 1 aliphatic heterocycles. The minimum atomic E-state index is -4.87. The summed E-state index contributed by atoms with van der Waals surface area (Å²) in [5.41, 5.74) is 7.21. The molecule has 2 aromatic carbocycles. The molecular formula is C22H17F3N6O3. The summed E-state index contributed by atoms with van der Waals surface area (Å²) in [5.74, 6) is -1.29. The number of fused-ring (bicyclic) bond motifs is 1. The first kappa shape index (κ1) is 22.7. The fourth-order valence-electron chi connectivity index (χ4n) is 3.62. The summed E-state index contributed by atoms with van der Waals surface area (Å²) in [5, 5.41) is 16.0. The molecule has 4 rings (SSSR count). The predicted molar refractivity (Wildman–Crippen MR) is 113 cm³/mol. The van der Waals surface area contributed by atoms with Gasteiger partial charge in [-0.15, -0.1) is 13.2 Å². The van der Waals surface area contributed by atoms with E-state index < -0.39 is 24.1 Å². The number of nitrogens with one attached hydrogen (secondary N) is 1. The number of nitriles is 1. The average molecular weight is 470 g/mol. The number of hydrogen-bond donors (Lipinski definition) is 2. The zero-order chi connectivity index (χ0) is 24.5. The van der Waals surface area contributed by atoms with Crippen LogP contribution < -0.4 is 15.8 Å². The quantitative estimate of drug-likeness (QED) is 0.604. The average Bonchev–Trinajstić information content (AvgIpc) is 3.18. The lowest BCUT2D eigenvalue weighted by molar-refractivity contribution is -0.274. The van der Waals surface area contributed by atoms with Crippen LogP contribution in [-0.2, 0) is 13.1 Å². The second kappa shape index (κ2) is 8.78. The molecule has 0 bridgehead atoms. The molecule has 3 N–H and O–H groups in total. The van der Waals surface area contributed by atoms with Gasteiger partial charge < -0.3 is 20.7 Å². The van der Waals surface area contributed by atoms with Crippen LogP contribution in [0.3, 0.4) is 0 Å². The number of carbonyl (C=O) groups excluding carboxylic acids is 2. The Morgan fingerprint density at radius 2 is 1.88 bits per heavy atom. The van der Waals surface area contributed by atoms with Crippen LogP contribution in [0.5, 0.6) is 5.75 Å². The Morgan fingerprint density at radius 3 is 2.53 bits per heavy atom. The second-order valence-corrected chi connectivity index (χ2v) is 7.37. The third-order valence-electron chi connectivity index (χ3n) is 5.12. The van der Waals surface area contributed by atoms with Crippen molar-refractivity contribution in [3.63, 3.8) is 0 Å². The van der Waals surface area contributed by atoms with Crippen LogP contribution in [0.15, 0.2) is 48.5 Å². The van der Waals surface area contributed by atoms with Crippen molar-refractivity contribution in [2.24, 2.45) is 5.73 Å². The summed E-state index contributed by atoms with van der Waals surface area (Å²) in [7, 11) is 0. The lowest BCUT2D eigenvalue weighted by Gasteiger charge is -2.28. The number of amides is 3. The van der Waals surface area contributed by atoms with Gasteiger partial charge in [0.2, 0.25) is 0 Å². The maximum Gasteiger partial charge on any atom is 0.573 e. The fourth-order valence-corrected chi connectivity index (χ4v) is 3.62. The van der Waals surface area contributed by atoms with Crippen LogP contribution >= 0.6 is 0 Å². The topological polar surface area (TPSA) is 126 Å². The summed E-state index contributed by atoms with van der Waals surface area (Å²) in [6.07, 6.45) is -4.87. The van der Waals surface area contributed by atoms with Gasteiger partial charge in [0.25, 0.3) is 5.91 Å². The van der Waals surface area contributed by atoms with Crippen molar-refractivity contribution in [1.29, 1.82) is 5.26 Å². The molecular weight excluding hydrogens is 453 g/mol. The molecule has 12 heteroatoms. The van der Waals surface area contributed by atoms with Crippen molar-refractivity contribution in [3.05, 3.63) is 65.4 Å². The summed E-state index contributed by atoms with van der Waals surface area (Å²) in [6, 6.07) is 12.9. The van der Waals surface area contributed by atoms with Gasteiger partial charge in [0.15, 0.2) is 0 Å². The lowest BCUT2D eigenvalue weighted by atomic mass is 10.0. The van der Waals surface area contributed by atoms with E-state index in [9.17, 15) is 22.8 Å². The highest BCUT2D eigenvalue weighted by Crippen LogP contribution is 2.32. The number of aromatic nitrogens is 2. The number of carbonyl (C=O) groups is 2. The van der Waals surface area contributed by atoms with Crippen LogP contribution in [0.1, 0.15) is 21.6 Å². The highest BCUT2D eigenvalue weighted by molar-refractivity contribution is 6.00. The number of alkyl halides is 3. The van der Waals surface area contributed by atoms with Gasteiger partial charge >= 0.3 is 12.4 Å². The molecule has 3 aromatic rings. The molecule has 174 valence electrons. The molecule has 3 amide bonds. The maximum atomic E-state index is 12.7. The van der Waals surface area contributed by atoms with Crippen molar-refractivity contribution >= 4 is 17.6 Å².